The molecule has 1 aromatic rings. The van der Waals surface area contributed by atoms with Crippen molar-refractivity contribution in [2.75, 3.05) is 6.61 Å². The summed E-state index contributed by atoms with van der Waals surface area (Å²) in [5.41, 5.74) is 0.0755. The lowest BCUT2D eigenvalue weighted by Crippen LogP contribution is -2.27. The Kier molecular flexibility index (Phi) is 4.59. The van der Waals surface area contributed by atoms with E-state index in [1.165, 1.54) is 12.1 Å². The highest BCUT2D eigenvalue weighted by molar-refractivity contribution is 6.33. The van der Waals surface area contributed by atoms with Gasteiger partial charge in [-0.15, -0.1) is 0 Å². The maximum atomic E-state index is 13.1. The van der Waals surface area contributed by atoms with E-state index in [2.05, 4.69) is 4.74 Å². The van der Waals surface area contributed by atoms with Crippen LogP contribution in [0.1, 0.15) is 32.8 Å². The molecule has 0 fully saturated rings. The predicted molar refractivity (Wildman–Crippen MR) is 65.7 cm³/mol. The number of ether oxygens (including phenoxy) is 1. The van der Waals surface area contributed by atoms with Crippen molar-refractivity contribution in [2.45, 2.75) is 32.6 Å². The number of carbonyl (C=O) groups excluding carboxylic acids is 2. The van der Waals surface area contributed by atoms with Crippen LogP contribution in [-0.2, 0) is 19.7 Å². The van der Waals surface area contributed by atoms with E-state index in [1.54, 1.807) is 32.9 Å². The molecule has 18 heavy (non-hydrogen) atoms. The van der Waals surface area contributed by atoms with Crippen LogP contribution < -0.4 is 0 Å². The summed E-state index contributed by atoms with van der Waals surface area (Å²) in [7, 11) is 0. The number of halogens is 1. The summed E-state index contributed by atoms with van der Waals surface area (Å²) in [6.07, 6.45) is -0.00468. The van der Waals surface area contributed by atoms with E-state index in [9.17, 15) is 14.0 Å². The molecule has 0 saturated carbocycles. The highest BCUT2D eigenvalue weighted by Gasteiger charge is 2.28. The molecule has 0 aliphatic carbocycles. The number of rotatable bonds is 5. The van der Waals surface area contributed by atoms with Crippen LogP contribution in [0.4, 0.5) is 4.39 Å². The molecular weight excluding hydrogens is 235 g/mol. The number of Topliss-reactive ketones (excluding diaryl/α,β-unsaturated/α-hetero) is 1. The van der Waals surface area contributed by atoms with Crippen LogP contribution >= 0.6 is 0 Å². The molecule has 0 aromatic heterocycles. The van der Waals surface area contributed by atoms with Gasteiger partial charge in [-0.25, -0.2) is 9.18 Å². The molecule has 0 spiro atoms. The topological polar surface area (TPSA) is 43.4 Å². The maximum Gasteiger partial charge on any atom is 0.374 e. The van der Waals surface area contributed by atoms with Gasteiger partial charge in [0.2, 0.25) is 5.78 Å². The zero-order valence-electron chi connectivity index (χ0n) is 10.8. The van der Waals surface area contributed by atoms with Crippen molar-refractivity contribution in [2.24, 2.45) is 0 Å². The van der Waals surface area contributed by atoms with Crippen LogP contribution in [0.25, 0.3) is 0 Å². The van der Waals surface area contributed by atoms with Gasteiger partial charge in [0.15, 0.2) is 0 Å². The van der Waals surface area contributed by atoms with Crippen LogP contribution in [0.15, 0.2) is 24.3 Å². The lowest BCUT2D eigenvalue weighted by atomic mass is 9.80. The largest absolute Gasteiger partial charge is 0.460 e. The fraction of sp³-hybridized carbons (Fsp3) is 0.429. The van der Waals surface area contributed by atoms with Gasteiger partial charge in [-0.3, -0.25) is 4.79 Å². The lowest BCUT2D eigenvalue weighted by molar-refractivity contribution is -0.154. The van der Waals surface area contributed by atoms with E-state index in [0.29, 0.717) is 5.56 Å². The molecule has 0 heterocycles. The van der Waals surface area contributed by atoms with Gasteiger partial charge in [0, 0.05) is 6.42 Å². The highest BCUT2D eigenvalue weighted by Crippen LogP contribution is 2.27. The van der Waals surface area contributed by atoms with Crippen molar-refractivity contribution >= 4 is 11.8 Å². The van der Waals surface area contributed by atoms with Crippen LogP contribution in [0.5, 0.6) is 0 Å². The van der Waals surface area contributed by atoms with Gasteiger partial charge in [-0.2, -0.15) is 0 Å². The fourth-order valence-corrected chi connectivity index (χ4v) is 1.70. The van der Waals surface area contributed by atoms with Crippen LogP contribution in [0.2, 0.25) is 0 Å². The molecular formula is C14H17FO3. The highest BCUT2D eigenvalue weighted by atomic mass is 19.1. The van der Waals surface area contributed by atoms with Gasteiger partial charge in [-0.05, 0) is 30.0 Å². The molecule has 1 aromatic carbocycles. The van der Waals surface area contributed by atoms with Gasteiger partial charge in [-0.1, -0.05) is 26.0 Å². The van der Waals surface area contributed by atoms with Crippen LogP contribution in [-0.4, -0.2) is 18.4 Å². The molecule has 0 radical (unpaired) electrons. The molecule has 3 nitrogen and oxygen atoms in total. The molecule has 98 valence electrons. The van der Waals surface area contributed by atoms with E-state index in [4.69, 9.17) is 0 Å². The first-order chi connectivity index (χ1) is 8.36. The Morgan fingerprint density at radius 2 is 2.00 bits per heavy atom. The standard InChI is InChI=1S/C14H17FO3/c1-4-18-13(17)12(16)9-14(2,3)10-6-5-7-11(15)8-10/h5-8H,4,9H2,1-3H3. The number of benzene rings is 1. The minimum Gasteiger partial charge on any atom is -0.460 e. The number of hydrogen-bond donors (Lipinski definition) is 0. The summed E-state index contributed by atoms with van der Waals surface area (Å²) in [6.45, 7) is 5.39. The summed E-state index contributed by atoms with van der Waals surface area (Å²) in [4.78, 5) is 22.9. The predicted octanol–water partition coefficient (Wildman–Crippen LogP) is 2.63. The minimum absolute atomic E-state index is 0.00468. The third-order valence-electron chi connectivity index (χ3n) is 2.71. The molecule has 1 rings (SSSR count). The van der Waals surface area contributed by atoms with E-state index in [1.807, 2.05) is 0 Å². The Bertz CT molecular complexity index is 452. The molecule has 0 aliphatic heterocycles. The van der Waals surface area contributed by atoms with E-state index in [0.717, 1.165) is 0 Å². The first-order valence-electron chi connectivity index (χ1n) is 5.83. The second-order valence-corrected chi connectivity index (χ2v) is 4.71. The minimum atomic E-state index is -0.832. The zero-order chi connectivity index (χ0) is 13.8. The van der Waals surface area contributed by atoms with Gasteiger partial charge in [0.25, 0.3) is 0 Å². The summed E-state index contributed by atoms with van der Waals surface area (Å²) in [5, 5.41) is 0. The first kappa shape index (κ1) is 14.4. The molecule has 0 unspecified atom stereocenters. The number of hydrogen-bond acceptors (Lipinski definition) is 3. The second kappa shape index (κ2) is 5.76. The molecule has 0 saturated heterocycles. The van der Waals surface area contributed by atoms with Crippen molar-refractivity contribution in [3.05, 3.63) is 35.6 Å². The summed E-state index contributed by atoms with van der Waals surface area (Å²) in [5.74, 6) is -1.78. The Balaban J connectivity index is 2.82. The van der Waals surface area contributed by atoms with Crippen LogP contribution in [0, 0.1) is 5.82 Å². The third-order valence-corrected chi connectivity index (χ3v) is 2.71. The number of ketones is 1. The fourth-order valence-electron chi connectivity index (χ4n) is 1.70. The third kappa shape index (κ3) is 3.65. The second-order valence-electron chi connectivity index (χ2n) is 4.71. The Morgan fingerprint density at radius 1 is 1.33 bits per heavy atom. The van der Waals surface area contributed by atoms with E-state index >= 15 is 0 Å². The molecule has 0 bridgehead atoms. The van der Waals surface area contributed by atoms with Crippen molar-refractivity contribution in [1.29, 1.82) is 0 Å². The summed E-state index contributed by atoms with van der Waals surface area (Å²) in [6, 6.07) is 6.04. The van der Waals surface area contributed by atoms with Gasteiger partial charge >= 0.3 is 5.97 Å². The SMILES string of the molecule is CCOC(=O)C(=O)CC(C)(C)c1cccc(F)c1. The van der Waals surface area contributed by atoms with Crippen molar-refractivity contribution in [3.63, 3.8) is 0 Å². The average molecular weight is 252 g/mol. The molecule has 0 amide bonds. The van der Waals surface area contributed by atoms with Gasteiger partial charge in [0.1, 0.15) is 5.82 Å². The zero-order valence-corrected chi connectivity index (χ0v) is 10.8. The lowest BCUT2D eigenvalue weighted by Gasteiger charge is -2.23. The van der Waals surface area contributed by atoms with E-state index < -0.39 is 17.2 Å². The Morgan fingerprint density at radius 3 is 2.56 bits per heavy atom. The number of carbonyl (C=O) groups is 2. The van der Waals surface area contributed by atoms with E-state index in [-0.39, 0.29) is 18.8 Å². The molecule has 0 N–H and O–H groups in total. The molecule has 4 heteroatoms. The Hall–Kier alpha value is -1.71. The van der Waals surface area contributed by atoms with Gasteiger partial charge < -0.3 is 4.74 Å². The normalized spacial score (nSPS) is 11.1. The molecule has 0 atom stereocenters. The van der Waals surface area contributed by atoms with Crippen molar-refractivity contribution in [1.82, 2.24) is 0 Å². The maximum absolute atomic E-state index is 13.1. The average Bonchev–Trinajstić information content (AvgIpc) is 2.28. The quantitative estimate of drug-likeness (QED) is 0.597. The smallest absolute Gasteiger partial charge is 0.374 e. The first-order valence-corrected chi connectivity index (χ1v) is 5.83. The van der Waals surface area contributed by atoms with Crippen molar-refractivity contribution in [3.8, 4) is 0 Å². The summed E-state index contributed by atoms with van der Waals surface area (Å²) >= 11 is 0. The molecule has 0 aliphatic rings. The van der Waals surface area contributed by atoms with Crippen molar-refractivity contribution < 1.29 is 18.7 Å². The monoisotopic (exact) mass is 252 g/mol. The number of esters is 1. The summed E-state index contributed by atoms with van der Waals surface area (Å²) < 4.78 is 17.8. The van der Waals surface area contributed by atoms with Gasteiger partial charge in [0.05, 0.1) is 6.61 Å². The Labute approximate surface area is 106 Å². The van der Waals surface area contributed by atoms with Crippen LogP contribution in [0.3, 0.4) is 0 Å².